The quantitative estimate of drug-likeness (QED) is 0.742. The van der Waals surface area contributed by atoms with E-state index in [0.29, 0.717) is 28.8 Å². The van der Waals surface area contributed by atoms with Gasteiger partial charge < -0.3 is 24.6 Å². The van der Waals surface area contributed by atoms with Crippen molar-refractivity contribution in [3.05, 3.63) is 57.6 Å². The van der Waals surface area contributed by atoms with Crippen LogP contribution >= 0.6 is 23.2 Å². The number of rotatable bonds is 4. The number of methoxy groups -OCH3 is 1. The first-order valence-electron chi connectivity index (χ1n) is 9.79. The summed E-state index contributed by atoms with van der Waals surface area (Å²) < 4.78 is 11.6. The highest BCUT2D eigenvalue weighted by atomic mass is 35.5. The fourth-order valence-electron chi connectivity index (χ4n) is 4.26. The molecule has 5 nitrogen and oxygen atoms in total. The summed E-state index contributed by atoms with van der Waals surface area (Å²) in [4.78, 5) is 2.22. The molecule has 0 aromatic heterocycles. The van der Waals surface area contributed by atoms with E-state index in [0.717, 1.165) is 42.8 Å². The molecule has 1 saturated heterocycles. The van der Waals surface area contributed by atoms with Gasteiger partial charge in [-0.3, -0.25) is 0 Å². The van der Waals surface area contributed by atoms with Crippen LogP contribution in [0, 0.1) is 0 Å². The molecular formula is C22H25Cl2NO4. The van der Waals surface area contributed by atoms with E-state index in [2.05, 4.69) is 4.90 Å². The molecule has 0 bridgehead atoms. The molecule has 2 aliphatic rings. The third-order valence-electron chi connectivity index (χ3n) is 5.99. The fourth-order valence-corrected chi connectivity index (χ4v) is 4.57. The Kier molecular flexibility index (Phi) is 5.96. The van der Waals surface area contributed by atoms with E-state index in [-0.39, 0.29) is 5.60 Å². The summed E-state index contributed by atoms with van der Waals surface area (Å²) >= 11 is 12.0. The van der Waals surface area contributed by atoms with Gasteiger partial charge >= 0.3 is 0 Å². The average molecular weight is 438 g/mol. The molecule has 29 heavy (non-hydrogen) atoms. The Bertz CT molecular complexity index is 883. The van der Waals surface area contributed by atoms with Gasteiger partial charge in [0.1, 0.15) is 17.1 Å². The van der Waals surface area contributed by atoms with Crippen molar-refractivity contribution in [3.63, 3.8) is 0 Å². The van der Waals surface area contributed by atoms with Crippen LogP contribution in [0.4, 0.5) is 0 Å². The maximum absolute atomic E-state index is 10.7. The molecule has 156 valence electrons. The van der Waals surface area contributed by atoms with Crippen molar-refractivity contribution in [2.45, 2.75) is 37.1 Å². The van der Waals surface area contributed by atoms with Gasteiger partial charge in [0.05, 0.1) is 29.4 Å². The van der Waals surface area contributed by atoms with E-state index in [4.69, 9.17) is 32.7 Å². The van der Waals surface area contributed by atoms with Gasteiger partial charge in [0, 0.05) is 31.6 Å². The number of hydrogen-bond acceptors (Lipinski definition) is 5. The lowest BCUT2D eigenvalue weighted by Gasteiger charge is -2.46. The van der Waals surface area contributed by atoms with Gasteiger partial charge in [-0.1, -0.05) is 29.3 Å². The van der Waals surface area contributed by atoms with Crippen LogP contribution < -0.4 is 9.47 Å². The lowest BCUT2D eigenvalue weighted by molar-refractivity contribution is -0.0588. The van der Waals surface area contributed by atoms with Crippen molar-refractivity contribution in [2.24, 2.45) is 0 Å². The molecule has 0 amide bonds. The third-order valence-corrected chi connectivity index (χ3v) is 6.73. The molecular weight excluding hydrogens is 413 g/mol. The highest BCUT2D eigenvalue weighted by Gasteiger charge is 2.43. The highest BCUT2D eigenvalue weighted by molar-refractivity contribution is 6.42. The topological polar surface area (TPSA) is 62.2 Å². The molecule has 0 aliphatic carbocycles. The number of β-amino-alcohol motifs (C(OH)–C–C–N with tert-alkyl or cyclic N) is 1. The van der Waals surface area contributed by atoms with Gasteiger partial charge in [-0.05, 0) is 48.7 Å². The Labute approximate surface area is 180 Å². The number of halogens is 2. The second-order valence-electron chi connectivity index (χ2n) is 7.90. The summed E-state index contributed by atoms with van der Waals surface area (Å²) in [5.41, 5.74) is 1.17. The largest absolute Gasteiger partial charge is 0.497 e. The van der Waals surface area contributed by atoms with Gasteiger partial charge in [-0.25, -0.2) is 0 Å². The lowest BCUT2D eigenvalue weighted by Crippen LogP contribution is -2.51. The van der Waals surface area contributed by atoms with Crippen molar-refractivity contribution in [3.8, 4) is 11.5 Å². The molecule has 0 radical (unpaired) electrons. The molecule has 2 atom stereocenters. The average Bonchev–Trinajstić information content (AvgIpc) is 2.71. The molecule has 7 heteroatoms. The van der Waals surface area contributed by atoms with Crippen molar-refractivity contribution >= 4 is 23.2 Å². The summed E-state index contributed by atoms with van der Waals surface area (Å²) in [6.45, 7) is 2.09. The van der Waals surface area contributed by atoms with Crippen LogP contribution in [0.5, 0.6) is 11.5 Å². The lowest BCUT2D eigenvalue weighted by atomic mass is 9.81. The number of likely N-dealkylation sites (tertiary alicyclic amines) is 1. The van der Waals surface area contributed by atoms with Crippen molar-refractivity contribution < 1.29 is 19.7 Å². The van der Waals surface area contributed by atoms with Gasteiger partial charge in [0.2, 0.25) is 0 Å². The summed E-state index contributed by atoms with van der Waals surface area (Å²) in [5, 5.41) is 22.2. The van der Waals surface area contributed by atoms with E-state index in [9.17, 15) is 10.2 Å². The molecule has 0 saturated carbocycles. The zero-order valence-corrected chi connectivity index (χ0v) is 17.8. The molecule has 4 rings (SSSR count). The Morgan fingerprint density at radius 2 is 1.93 bits per heavy atom. The maximum Gasteiger partial charge on any atom is 0.126 e. The van der Waals surface area contributed by atoms with Crippen LogP contribution in [0.1, 0.15) is 42.6 Å². The molecule has 2 aromatic carbocycles. The molecule has 2 N–H and O–H groups in total. The number of nitrogens with zero attached hydrogens (tertiary/aromatic N) is 1. The maximum atomic E-state index is 10.7. The highest BCUT2D eigenvalue weighted by Crippen LogP contribution is 2.45. The normalized spacial score (nSPS) is 22.0. The summed E-state index contributed by atoms with van der Waals surface area (Å²) in [7, 11) is 1.61. The Hall–Kier alpha value is -1.50. The van der Waals surface area contributed by atoms with Crippen molar-refractivity contribution in [1.82, 2.24) is 4.90 Å². The van der Waals surface area contributed by atoms with Gasteiger partial charge in [-0.15, -0.1) is 0 Å². The monoisotopic (exact) mass is 437 g/mol. The second-order valence-corrected chi connectivity index (χ2v) is 8.71. The first kappa shape index (κ1) is 20.8. The van der Waals surface area contributed by atoms with Crippen LogP contribution in [-0.4, -0.2) is 47.5 Å². The smallest absolute Gasteiger partial charge is 0.126 e. The minimum absolute atomic E-state index is 0.369. The van der Waals surface area contributed by atoms with Crippen LogP contribution in [0.2, 0.25) is 10.0 Å². The van der Waals surface area contributed by atoms with E-state index < -0.39 is 12.2 Å². The first-order valence-corrected chi connectivity index (χ1v) is 10.6. The molecule has 2 heterocycles. The number of fused-ring (bicyclic) bond motifs is 1. The van der Waals surface area contributed by atoms with Crippen molar-refractivity contribution in [2.75, 3.05) is 26.7 Å². The fraction of sp³-hybridized carbons (Fsp3) is 0.455. The molecule has 0 unspecified atom stereocenters. The number of ether oxygens (including phenoxy) is 2. The molecule has 1 fully saturated rings. The van der Waals surface area contributed by atoms with Gasteiger partial charge in [-0.2, -0.15) is 0 Å². The summed E-state index contributed by atoms with van der Waals surface area (Å²) in [6.07, 6.45) is 0.955. The van der Waals surface area contributed by atoms with Crippen LogP contribution in [-0.2, 0) is 0 Å². The zero-order valence-electron chi connectivity index (χ0n) is 16.3. The number of piperidine rings is 1. The minimum atomic E-state index is -0.634. The van der Waals surface area contributed by atoms with Crippen LogP contribution in [0.25, 0.3) is 0 Å². The first-order chi connectivity index (χ1) is 13.9. The molecule has 1 spiro atoms. The molecule has 2 aromatic rings. The number of hydrogen-bond donors (Lipinski definition) is 2. The minimum Gasteiger partial charge on any atom is -0.497 e. The van der Waals surface area contributed by atoms with E-state index in [1.807, 2.05) is 18.2 Å². The number of aliphatic hydroxyl groups is 2. The van der Waals surface area contributed by atoms with E-state index in [1.54, 1.807) is 25.3 Å². The van der Waals surface area contributed by atoms with Crippen LogP contribution in [0.3, 0.4) is 0 Å². The van der Waals surface area contributed by atoms with Gasteiger partial charge in [0.15, 0.2) is 0 Å². The summed E-state index contributed by atoms with van der Waals surface area (Å²) in [5.74, 6) is 1.45. The second kappa shape index (κ2) is 8.32. The van der Waals surface area contributed by atoms with Crippen molar-refractivity contribution in [1.29, 1.82) is 0 Å². The van der Waals surface area contributed by atoms with E-state index >= 15 is 0 Å². The Balaban J connectivity index is 1.39. The SMILES string of the molecule is COc1ccc2c(c1)[C@@H](O)CC1(CCN(C[C@H](O)c3ccc(Cl)c(Cl)c3)CC1)O2. The van der Waals surface area contributed by atoms with E-state index in [1.165, 1.54) is 0 Å². The Morgan fingerprint density at radius 3 is 2.62 bits per heavy atom. The molecule has 2 aliphatic heterocycles. The Morgan fingerprint density at radius 1 is 1.17 bits per heavy atom. The van der Waals surface area contributed by atoms with Gasteiger partial charge in [0.25, 0.3) is 0 Å². The predicted molar refractivity (Wildman–Crippen MR) is 113 cm³/mol. The standard InChI is InChI=1S/C22H25Cl2NO4/c1-28-15-3-5-21-16(11-15)19(26)12-22(29-21)6-8-25(9-7-22)13-20(27)14-2-4-17(23)18(24)10-14/h2-5,10-11,19-20,26-27H,6-9,12-13H2,1H3/t19-,20-/m0/s1. The zero-order chi connectivity index (χ0) is 20.6. The predicted octanol–water partition coefficient (Wildman–Crippen LogP) is 4.39. The van der Waals surface area contributed by atoms with Crippen LogP contribution in [0.15, 0.2) is 36.4 Å². The number of benzene rings is 2. The third kappa shape index (κ3) is 4.35. The number of aliphatic hydroxyl groups excluding tert-OH is 2. The summed E-state index contributed by atoms with van der Waals surface area (Å²) in [6, 6.07) is 10.8.